The second-order valence-electron chi connectivity index (χ2n) is 5.66. The molecule has 6 nitrogen and oxygen atoms in total. The SMILES string of the molecule is Cc1cc(OCC(=O)NC(=S)Nc2ccc(Cl)c(C(=O)O)c2)cc(C)c1Cl. The molecule has 0 bridgehead atoms. The third-order valence-corrected chi connectivity index (χ3v) is 4.62. The van der Waals surface area contributed by atoms with Crippen LogP contribution in [0.5, 0.6) is 5.75 Å². The van der Waals surface area contributed by atoms with E-state index in [1.807, 2.05) is 13.8 Å². The van der Waals surface area contributed by atoms with Crippen molar-refractivity contribution in [2.24, 2.45) is 0 Å². The molecule has 0 radical (unpaired) electrons. The number of carboxylic acids is 1. The van der Waals surface area contributed by atoms with Gasteiger partial charge in [0.15, 0.2) is 11.7 Å². The van der Waals surface area contributed by atoms with Crippen molar-refractivity contribution in [1.29, 1.82) is 0 Å². The Morgan fingerprint density at radius 3 is 2.37 bits per heavy atom. The van der Waals surface area contributed by atoms with Gasteiger partial charge in [-0.05, 0) is 67.5 Å². The molecule has 9 heteroatoms. The monoisotopic (exact) mass is 426 g/mol. The number of aromatic carboxylic acids is 1. The molecule has 0 fully saturated rings. The predicted molar refractivity (Wildman–Crippen MR) is 109 cm³/mol. The summed E-state index contributed by atoms with van der Waals surface area (Å²) >= 11 is 16.9. The number of nitrogens with one attached hydrogen (secondary N) is 2. The zero-order chi connectivity index (χ0) is 20.1. The van der Waals surface area contributed by atoms with Crippen molar-refractivity contribution in [2.75, 3.05) is 11.9 Å². The number of hydrogen-bond donors (Lipinski definition) is 3. The fraction of sp³-hybridized carbons (Fsp3) is 0.167. The third-order valence-electron chi connectivity index (χ3n) is 3.49. The van der Waals surface area contributed by atoms with Gasteiger partial charge in [-0.2, -0.15) is 0 Å². The molecule has 2 rings (SSSR count). The molecule has 0 heterocycles. The molecular formula is C18H16Cl2N2O4S. The molecule has 0 spiro atoms. The van der Waals surface area contributed by atoms with Gasteiger partial charge in [-0.25, -0.2) is 4.79 Å². The number of amides is 1. The summed E-state index contributed by atoms with van der Waals surface area (Å²) in [6, 6.07) is 7.76. The fourth-order valence-corrected chi connectivity index (χ4v) is 2.77. The highest BCUT2D eigenvalue weighted by atomic mass is 35.5. The van der Waals surface area contributed by atoms with Crippen LogP contribution in [0.4, 0.5) is 5.69 Å². The van der Waals surface area contributed by atoms with Crippen LogP contribution in [0, 0.1) is 13.8 Å². The van der Waals surface area contributed by atoms with Gasteiger partial charge in [0.05, 0.1) is 10.6 Å². The smallest absolute Gasteiger partial charge is 0.337 e. The molecule has 2 aromatic carbocycles. The lowest BCUT2D eigenvalue weighted by atomic mass is 10.1. The highest BCUT2D eigenvalue weighted by Gasteiger charge is 2.12. The maximum absolute atomic E-state index is 12.0. The van der Waals surface area contributed by atoms with E-state index in [1.54, 1.807) is 18.2 Å². The molecule has 0 aliphatic heterocycles. The van der Waals surface area contributed by atoms with Crippen LogP contribution >= 0.6 is 35.4 Å². The average molecular weight is 427 g/mol. The normalized spacial score (nSPS) is 10.2. The first-order valence-corrected chi connectivity index (χ1v) is 8.87. The second-order valence-corrected chi connectivity index (χ2v) is 6.86. The minimum atomic E-state index is -1.17. The van der Waals surface area contributed by atoms with Gasteiger partial charge in [0.1, 0.15) is 5.75 Å². The summed E-state index contributed by atoms with van der Waals surface area (Å²) in [5.74, 6) is -1.11. The average Bonchev–Trinajstić information content (AvgIpc) is 2.59. The number of aryl methyl sites for hydroxylation is 2. The minimum Gasteiger partial charge on any atom is -0.484 e. The molecule has 0 aliphatic rings. The molecule has 0 saturated carbocycles. The van der Waals surface area contributed by atoms with E-state index in [9.17, 15) is 9.59 Å². The standard InChI is InChI=1S/C18H16Cl2N2O4S/c1-9-5-12(6-10(2)16(9)20)26-8-15(23)22-18(27)21-11-3-4-14(19)13(7-11)17(24)25/h3-7H,8H2,1-2H3,(H,24,25)(H2,21,22,23,27). The highest BCUT2D eigenvalue weighted by molar-refractivity contribution is 7.80. The summed E-state index contributed by atoms with van der Waals surface area (Å²) in [6.45, 7) is 3.45. The van der Waals surface area contributed by atoms with Crippen LogP contribution in [0.3, 0.4) is 0 Å². The van der Waals surface area contributed by atoms with Crippen molar-refractivity contribution in [1.82, 2.24) is 5.32 Å². The number of carboxylic acid groups (broad SMARTS) is 1. The van der Waals surface area contributed by atoms with Crippen LogP contribution in [0.1, 0.15) is 21.5 Å². The number of hydrogen-bond acceptors (Lipinski definition) is 4. The van der Waals surface area contributed by atoms with E-state index < -0.39 is 11.9 Å². The van der Waals surface area contributed by atoms with Gasteiger partial charge < -0.3 is 15.2 Å². The maximum atomic E-state index is 12.0. The highest BCUT2D eigenvalue weighted by Crippen LogP contribution is 2.25. The third kappa shape index (κ3) is 5.82. The number of benzene rings is 2. The lowest BCUT2D eigenvalue weighted by molar-refractivity contribution is -0.121. The molecule has 27 heavy (non-hydrogen) atoms. The number of halogens is 2. The van der Waals surface area contributed by atoms with E-state index in [-0.39, 0.29) is 22.3 Å². The summed E-state index contributed by atoms with van der Waals surface area (Å²) in [6.07, 6.45) is 0. The van der Waals surface area contributed by atoms with Crippen molar-refractivity contribution in [3.05, 3.63) is 57.1 Å². The van der Waals surface area contributed by atoms with E-state index in [2.05, 4.69) is 10.6 Å². The number of anilines is 1. The first-order valence-electron chi connectivity index (χ1n) is 7.70. The van der Waals surface area contributed by atoms with Crippen molar-refractivity contribution in [3.8, 4) is 5.75 Å². The van der Waals surface area contributed by atoms with Crippen molar-refractivity contribution in [3.63, 3.8) is 0 Å². The molecule has 142 valence electrons. The van der Waals surface area contributed by atoms with Gasteiger partial charge in [0.2, 0.25) is 0 Å². The van der Waals surface area contributed by atoms with E-state index >= 15 is 0 Å². The molecule has 0 aliphatic carbocycles. The largest absolute Gasteiger partial charge is 0.484 e. The Balaban J connectivity index is 1.91. The molecule has 0 unspecified atom stereocenters. The van der Waals surface area contributed by atoms with Crippen LogP contribution < -0.4 is 15.4 Å². The quantitative estimate of drug-likeness (QED) is 0.620. The zero-order valence-corrected chi connectivity index (χ0v) is 16.8. The summed E-state index contributed by atoms with van der Waals surface area (Å²) < 4.78 is 5.45. The number of carbonyl (C=O) groups is 2. The van der Waals surface area contributed by atoms with Crippen molar-refractivity contribution in [2.45, 2.75) is 13.8 Å². The Hall–Kier alpha value is -2.35. The van der Waals surface area contributed by atoms with Gasteiger partial charge >= 0.3 is 5.97 Å². The Morgan fingerprint density at radius 2 is 1.78 bits per heavy atom. The Labute approximate surface area is 171 Å². The van der Waals surface area contributed by atoms with Crippen LogP contribution in [0.25, 0.3) is 0 Å². The second kappa shape index (κ2) is 9.03. The van der Waals surface area contributed by atoms with Crippen LogP contribution in [-0.2, 0) is 4.79 Å². The van der Waals surface area contributed by atoms with Crippen LogP contribution in [-0.4, -0.2) is 28.7 Å². The lowest BCUT2D eigenvalue weighted by Crippen LogP contribution is -2.37. The van der Waals surface area contributed by atoms with Crippen LogP contribution in [0.15, 0.2) is 30.3 Å². The number of rotatable bonds is 5. The van der Waals surface area contributed by atoms with Crippen molar-refractivity contribution < 1.29 is 19.4 Å². The Kier molecular flexibility index (Phi) is 7.01. The first kappa shape index (κ1) is 21.0. The number of ether oxygens (including phenoxy) is 1. The molecule has 2 aromatic rings. The molecule has 1 amide bonds. The van der Waals surface area contributed by atoms with E-state index in [0.29, 0.717) is 16.5 Å². The van der Waals surface area contributed by atoms with Gasteiger partial charge in [-0.3, -0.25) is 10.1 Å². The molecule has 0 saturated heterocycles. The Bertz CT molecular complexity index is 895. The van der Waals surface area contributed by atoms with Gasteiger partial charge in [0, 0.05) is 10.7 Å². The summed E-state index contributed by atoms with van der Waals surface area (Å²) in [5.41, 5.74) is 2.00. The van der Waals surface area contributed by atoms with E-state index in [1.165, 1.54) is 12.1 Å². The number of carbonyl (C=O) groups excluding carboxylic acids is 1. The van der Waals surface area contributed by atoms with Gasteiger partial charge in [-0.15, -0.1) is 0 Å². The van der Waals surface area contributed by atoms with Crippen LogP contribution in [0.2, 0.25) is 10.0 Å². The minimum absolute atomic E-state index is 0.00530. The summed E-state index contributed by atoms with van der Waals surface area (Å²) in [7, 11) is 0. The lowest BCUT2D eigenvalue weighted by Gasteiger charge is -2.12. The van der Waals surface area contributed by atoms with E-state index in [4.69, 9.17) is 45.3 Å². The van der Waals surface area contributed by atoms with Crippen molar-refractivity contribution >= 4 is 58.1 Å². The first-order chi connectivity index (χ1) is 12.7. The maximum Gasteiger partial charge on any atom is 0.337 e. The summed E-state index contributed by atoms with van der Waals surface area (Å²) in [5, 5.41) is 15.0. The fourth-order valence-electron chi connectivity index (χ4n) is 2.23. The molecule has 0 atom stereocenters. The number of thiocarbonyl (C=S) groups is 1. The van der Waals surface area contributed by atoms with Gasteiger partial charge in [0.25, 0.3) is 5.91 Å². The molecule has 3 N–H and O–H groups in total. The predicted octanol–water partition coefficient (Wildman–Crippen LogP) is 4.20. The Morgan fingerprint density at radius 1 is 1.15 bits per heavy atom. The topological polar surface area (TPSA) is 87.7 Å². The summed E-state index contributed by atoms with van der Waals surface area (Å²) in [4.78, 5) is 23.1. The molecule has 0 aromatic heterocycles. The zero-order valence-electron chi connectivity index (χ0n) is 14.4. The van der Waals surface area contributed by atoms with E-state index in [0.717, 1.165) is 11.1 Å². The molecular weight excluding hydrogens is 411 g/mol. The van der Waals surface area contributed by atoms with Gasteiger partial charge in [-0.1, -0.05) is 23.2 Å².